The lowest BCUT2D eigenvalue weighted by atomic mass is 10.2. The summed E-state index contributed by atoms with van der Waals surface area (Å²) in [5, 5.41) is 7.28. The minimum atomic E-state index is -4.13. The summed E-state index contributed by atoms with van der Waals surface area (Å²) < 4.78 is 40.6. The third kappa shape index (κ3) is 3.81. The molecule has 3 amide bonds. The number of sulfonamides is 1. The van der Waals surface area contributed by atoms with Gasteiger partial charge >= 0.3 is 12.0 Å². The zero-order chi connectivity index (χ0) is 17.2. The Morgan fingerprint density at radius 1 is 1.39 bits per heavy atom. The van der Waals surface area contributed by atoms with Crippen LogP contribution >= 0.6 is 0 Å². The molecular formula is C12H12FN3O6S. The number of imide groups is 1. The van der Waals surface area contributed by atoms with Crippen molar-refractivity contribution in [3.63, 3.8) is 0 Å². The number of benzene rings is 1. The average molecular weight is 345 g/mol. The number of nitrogens with zero attached hydrogens (tertiary/aromatic N) is 1. The number of esters is 1. The summed E-state index contributed by atoms with van der Waals surface area (Å²) >= 11 is 0. The van der Waals surface area contributed by atoms with Gasteiger partial charge in [0.1, 0.15) is 5.82 Å². The molecule has 124 valence electrons. The summed E-state index contributed by atoms with van der Waals surface area (Å²) in [4.78, 5) is 35.1. The van der Waals surface area contributed by atoms with E-state index in [0.29, 0.717) is 6.07 Å². The van der Waals surface area contributed by atoms with Gasteiger partial charge in [-0.25, -0.2) is 27.5 Å². The number of carbonyl (C=O) groups is 3. The minimum Gasteiger partial charge on any atom is -0.452 e. The Kier molecular flexibility index (Phi) is 4.61. The van der Waals surface area contributed by atoms with E-state index in [1.165, 1.54) is 0 Å². The van der Waals surface area contributed by atoms with Crippen molar-refractivity contribution in [3.8, 4) is 0 Å². The molecular weight excluding hydrogens is 333 g/mol. The number of urea groups is 1. The van der Waals surface area contributed by atoms with Crippen LogP contribution in [0.2, 0.25) is 0 Å². The second-order valence-electron chi connectivity index (χ2n) is 4.54. The van der Waals surface area contributed by atoms with Crippen molar-refractivity contribution >= 4 is 27.9 Å². The monoisotopic (exact) mass is 345 g/mol. The van der Waals surface area contributed by atoms with Crippen LogP contribution in [-0.4, -0.2) is 50.9 Å². The van der Waals surface area contributed by atoms with Crippen LogP contribution < -0.4 is 10.5 Å². The molecule has 3 N–H and O–H groups in total. The maximum atomic E-state index is 13.6. The van der Waals surface area contributed by atoms with Gasteiger partial charge in [-0.15, -0.1) is 0 Å². The molecule has 1 fully saturated rings. The largest absolute Gasteiger partial charge is 0.452 e. The van der Waals surface area contributed by atoms with Gasteiger partial charge in [0.05, 0.1) is 10.5 Å². The van der Waals surface area contributed by atoms with Gasteiger partial charge in [-0.2, -0.15) is 0 Å². The number of nitrogens with one attached hydrogen (secondary N) is 1. The van der Waals surface area contributed by atoms with Crippen molar-refractivity contribution in [2.45, 2.75) is 4.90 Å². The Balaban J connectivity index is 2.09. The number of amides is 3. The summed E-state index contributed by atoms with van der Waals surface area (Å²) in [6.07, 6.45) is 0. The van der Waals surface area contributed by atoms with Gasteiger partial charge in [0.2, 0.25) is 10.0 Å². The van der Waals surface area contributed by atoms with Crippen molar-refractivity contribution in [1.82, 2.24) is 10.2 Å². The maximum Gasteiger partial charge on any atom is 0.341 e. The number of hydrogen-bond donors (Lipinski definition) is 2. The SMILES string of the molecule is NS(=O)(=O)c1ccc(F)c(C(=O)OCC(=O)N2CCNC2=O)c1. The second kappa shape index (κ2) is 6.30. The van der Waals surface area contributed by atoms with Gasteiger partial charge in [0, 0.05) is 13.1 Å². The third-order valence-corrected chi connectivity index (χ3v) is 3.88. The molecule has 1 aliphatic rings. The van der Waals surface area contributed by atoms with Crippen LogP contribution in [0.5, 0.6) is 0 Å². The lowest BCUT2D eigenvalue weighted by molar-refractivity contribution is -0.130. The normalized spacial score (nSPS) is 14.5. The van der Waals surface area contributed by atoms with Crippen molar-refractivity contribution in [2.24, 2.45) is 5.14 Å². The predicted molar refractivity (Wildman–Crippen MR) is 73.2 cm³/mol. The van der Waals surface area contributed by atoms with Crippen LogP contribution in [0.4, 0.5) is 9.18 Å². The molecule has 0 aliphatic carbocycles. The highest BCUT2D eigenvalue weighted by molar-refractivity contribution is 7.89. The fourth-order valence-corrected chi connectivity index (χ4v) is 2.37. The van der Waals surface area contributed by atoms with Gasteiger partial charge in [0.25, 0.3) is 5.91 Å². The molecule has 0 radical (unpaired) electrons. The summed E-state index contributed by atoms with van der Waals surface area (Å²) in [6.45, 7) is -0.376. The van der Waals surface area contributed by atoms with Crippen LogP contribution in [0.1, 0.15) is 10.4 Å². The Labute approximate surface area is 130 Å². The molecule has 0 unspecified atom stereocenters. The molecule has 0 saturated carbocycles. The highest BCUT2D eigenvalue weighted by Crippen LogP contribution is 2.15. The standard InChI is InChI=1S/C12H12FN3O6S/c13-9-2-1-7(23(14,20)21)5-8(9)11(18)22-6-10(17)16-4-3-15-12(16)19/h1-2,5H,3-4,6H2,(H,15,19)(H2,14,20,21). The number of hydrogen-bond acceptors (Lipinski definition) is 6. The summed E-state index contributed by atoms with van der Waals surface area (Å²) in [7, 11) is -4.13. The molecule has 0 atom stereocenters. The highest BCUT2D eigenvalue weighted by Gasteiger charge is 2.27. The number of rotatable bonds is 4. The third-order valence-electron chi connectivity index (χ3n) is 2.97. The summed E-state index contributed by atoms with van der Waals surface area (Å²) in [5.74, 6) is -3.06. The van der Waals surface area contributed by atoms with Crippen molar-refractivity contribution in [1.29, 1.82) is 0 Å². The molecule has 0 aromatic heterocycles. The number of carbonyl (C=O) groups excluding carboxylic acids is 3. The summed E-state index contributed by atoms with van der Waals surface area (Å²) in [6, 6.07) is 1.72. The van der Waals surface area contributed by atoms with Crippen LogP contribution in [-0.2, 0) is 19.6 Å². The Bertz CT molecular complexity index is 779. The number of primary sulfonamides is 1. The average Bonchev–Trinajstić information content (AvgIpc) is 2.90. The van der Waals surface area contributed by atoms with Crippen LogP contribution in [0.25, 0.3) is 0 Å². The van der Waals surface area contributed by atoms with Crippen molar-refractivity contribution < 1.29 is 31.9 Å². The highest BCUT2D eigenvalue weighted by atomic mass is 32.2. The maximum absolute atomic E-state index is 13.6. The quantitative estimate of drug-likeness (QED) is 0.685. The topological polar surface area (TPSA) is 136 Å². The molecule has 1 heterocycles. The van der Waals surface area contributed by atoms with E-state index in [1.807, 2.05) is 0 Å². The minimum absolute atomic E-state index is 0.129. The van der Waals surface area contributed by atoms with E-state index in [0.717, 1.165) is 17.0 Å². The number of halogens is 1. The van der Waals surface area contributed by atoms with Gasteiger partial charge in [-0.05, 0) is 18.2 Å². The first kappa shape index (κ1) is 16.8. The molecule has 0 bridgehead atoms. The van der Waals surface area contributed by atoms with E-state index >= 15 is 0 Å². The van der Waals surface area contributed by atoms with Crippen LogP contribution in [0, 0.1) is 5.82 Å². The van der Waals surface area contributed by atoms with Gasteiger partial charge in [-0.3, -0.25) is 9.69 Å². The Hall–Kier alpha value is -2.53. The van der Waals surface area contributed by atoms with E-state index < -0.39 is 50.8 Å². The van der Waals surface area contributed by atoms with E-state index in [4.69, 9.17) is 5.14 Å². The first-order valence-electron chi connectivity index (χ1n) is 6.28. The molecule has 23 heavy (non-hydrogen) atoms. The van der Waals surface area contributed by atoms with E-state index in [-0.39, 0.29) is 13.1 Å². The van der Waals surface area contributed by atoms with Crippen LogP contribution in [0.15, 0.2) is 23.1 Å². The fourth-order valence-electron chi connectivity index (χ4n) is 1.83. The first-order chi connectivity index (χ1) is 10.7. The zero-order valence-electron chi connectivity index (χ0n) is 11.6. The fraction of sp³-hybridized carbons (Fsp3) is 0.250. The molecule has 1 aliphatic heterocycles. The molecule has 9 nitrogen and oxygen atoms in total. The number of nitrogens with two attached hydrogens (primary N) is 1. The van der Waals surface area contributed by atoms with E-state index in [9.17, 15) is 27.2 Å². The van der Waals surface area contributed by atoms with E-state index in [1.54, 1.807) is 0 Å². The Morgan fingerprint density at radius 3 is 2.65 bits per heavy atom. The molecule has 2 rings (SSSR count). The molecule has 1 aromatic rings. The molecule has 1 saturated heterocycles. The second-order valence-corrected chi connectivity index (χ2v) is 6.10. The summed E-state index contributed by atoms with van der Waals surface area (Å²) in [5.41, 5.74) is -0.685. The molecule has 0 spiro atoms. The van der Waals surface area contributed by atoms with E-state index in [2.05, 4.69) is 10.1 Å². The number of ether oxygens (including phenoxy) is 1. The Morgan fingerprint density at radius 2 is 2.09 bits per heavy atom. The zero-order valence-corrected chi connectivity index (χ0v) is 12.4. The lowest BCUT2D eigenvalue weighted by Gasteiger charge is -2.12. The van der Waals surface area contributed by atoms with Gasteiger partial charge in [-0.1, -0.05) is 0 Å². The van der Waals surface area contributed by atoms with Crippen LogP contribution in [0.3, 0.4) is 0 Å². The molecule has 1 aromatic carbocycles. The van der Waals surface area contributed by atoms with Crippen molar-refractivity contribution in [2.75, 3.05) is 19.7 Å². The smallest absolute Gasteiger partial charge is 0.341 e. The van der Waals surface area contributed by atoms with Crippen molar-refractivity contribution in [3.05, 3.63) is 29.6 Å². The predicted octanol–water partition coefficient (Wildman–Crippen LogP) is -0.818. The van der Waals surface area contributed by atoms with Gasteiger partial charge in [0.15, 0.2) is 6.61 Å². The van der Waals surface area contributed by atoms with Gasteiger partial charge < -0.3 is 10.1 Å². The molecule has 11 heteroatoms. The first-order valence-corrected chi connectivity index (χ1v) is 7.82. The lowest BCUT2D eigenvalue weighted by Crippen LogP contribution is -2.37.